The summed E-state index contributed by atoms with van der Waals surface area (Å²) < 4.78 is 32.6. The number of halogens is 2. The zero-order chi connectivity index (χ0) is 15.4. The van der Waals surface area contributed by atoms with Gasteiger partial charge in [0.25, 0.3) is 5.69 Å². The van der Waals surface area contributed by atoms with E-state index < -0.39 is 22.2 Å². The van der Waals surface area contributed by atoms with E-state index in [9.17, 15) is 18.9 Å². The van der Waals surface area contributed by atoms with E-state index in [1.807, 2.05) is 0 Å². The first-order valence-corrected chi connectivity index (χ1v) is 6.06. The van der Waals surface area contributed by atoms with Crippen molar-refractivity contribution in [2.24, 2.45) is 0 Å². The van der Waals surface area contributed by atoms with Gasteiger partial charge in [0.05, 0.1) is 11.0 Å². The third-order valence-electron chi connectivity index (χ3n) is 2.72. The molecular formula is C14H12F2N2O3. The van der Waals surface area contributed by atoms with Crippen molar-refractivity contribution in [1.29, 1.82) is 0 Å². The molecular weight excluding hydrogens is 282 g/mol. The summed E-state index contributed by atoms with van der Waals surface area (Å²) in [6, 6.07) is 7.19. The Morgan fingerprint density at radius 2 is 1.76 bits per heavy atom. The normalized spacial score (nSPS) is 10.4. The lowest BCUT2D eigenvalue weighted by molar-refractivity contribution is -0.385. The maximum absolute atomic E-state index is 13.8. The molecule has 0 atom stereocenters. The van der Waals surface area contributed by atoms with Crippen molar-refractivity contribution in [3.8, 4) is 11.5 Å². The molecule has 110 valence electrons. The predicted octanol–water partition coefficient (Wildman–Crippen LogP) is 3.38. The number of non-ortho nitro benzene ring substituents is 1. The molecule has 0 heterocycles. The summed E-state index contributed by atoms with van der Waals surface area (Å²) in [7, 11) is 1.73. The van der Waals surface area contributed by atoms with E-state index in [0.29, 0.717) is 12.1 Å². The summed E-state index contributed by atoms with van der Waals surface area (Å²) in [5.41, 5.74) is 0.316. The first-order valence-electron chi connectivity index (χ1n) is 6.06. The smallest absolute Gasteiger partial charge is 0.272 e. The van der Waals surface area contributed by atoms with Crippen LogP contribution >= 0.6 is 0 Å². The van der Waals surface area contributed by atoms with E-state index >= 15 is 0 Å². The number of nitrogens with one attached hydrogen (secondary N) is 1. The molecule has 5 nitrogen and oxygen atoms in total. The van der Waals surface area contributed by atoms with E-state index in [2.05, 4.69) is 5.32 Å². The number of hydrogen-bond acceptors (Lipinski definition) is 4. The van der Waals surface area contributed by atoms with Crippen LogP contribution in [0.1, 0.15) is 5.56 Å². The number of nitro groups is 1. The Labute approximate surface area is 119 Å². The fourth-order valence-corrected chi connectivity index (χ4v) is 1.75. The number of benzene rings is 2. The summed E-state index contributed by atoms with van der Waals surface area (Å²) in [5.74, 6) is -1.99. The van der Waals surface area contributed by atoms with E-state index in [4.69, 9.17) is 4.74 Å². The molecule has 0 saturated heterocycles. The number of rotatable bonds is 5. The van der Waals surface area contributed by atoms with Crippen LogP contribution < -0.4 is 10.1 Å². The molecule has 0 aliphatic heterocycles. The van der Waals surface area contributed by atoms with Gasteiger partial charge in [-0.15, -0.1) is 0 Å². The van der Waals surface area contributed by atoms with Gasteiger partial charge in [-0.25, -0.2) is 8.78 Å². The summed E-state index contributed by atoms with van der Waals surface area (Å²) in [4.78, 5) is 9.79. The average molecular weight is 294 g/mol. The lowest BCUT2D eigenvalue weighted by Crippen LogP contribution is -2.05. The number of hydrogen-bond donors (Lipinski definition) is 1. The summed E-state index contributed by atoms with van der Waals surface area (Å²) in [5, 5.41) is 13.4. The Morgan fingerprint density at radius 1 is 1.14 bits per heavy atom. The van der Waals surface area contributed by atoms with Gasteiger partial charge < -0.3 is 10.1 Å². The van der Waals surface area contributed by atoms with Gasteiger partial charge in [-0.3, -0.25) is 10.1 Å². The largest absolute Gasteiger partial charge is 0.451 e. The first kappa shape index (κ1) is 14.9. The van der Waals surface area contributed by atoms with Crippen molar-refractivity contribution >= 4 is 5.69 Å². The number of ether oxygens (including phenoxy) is 1. The van der Waals surface area contributed by atoms with Crippen molar-refractivity contribution in [1.82, 2.24) is 5.32 Å². The molecule has 0 spiro atoms. The molecule has 0 aromatic heterocycles. The number of nitro benzene ring substituents is 1. The zero-order valence-electron chi connectivity index (χ0n) is 11.1. The third-order valence-corrected chi connectivity index (χ3v) is 2.72. The Hall–Kier alpha value is -2.54. The molecule has 1 N–H and O–H groups in total. The lowest BCUT2D eigenvalue weighted by Gasteiger charge is -2.09. The highest BCUT2D eigenvalue weighted by molar-refractivity contribution is 5.40. The molecule has 0 fully saturated rings. The van der Waals surface area contributed by atoms with Gasteiger partial charge in [-0.2, -0.15) is 0 Å². The molecule has 2 aromatic carbocycles. The van der Waals surface area contributed by atoms with Crippen molar-refractivity contribution in [2.45, 2.75) is 6.54 Å². The summed E-state index contributed by atoms with van der Waals surface area (Å²) in [6.45, 7) is 0.489. The summed E-state index contributed by atoms with van der Waals surface area (Å²) in [6.07, 6.45) is 0. The molecule has 0 aliphatic carbocycles. The van der Waals surface area contributed by atoms with Gasteiger partial charge in [-0.1, -0.05) is 6.07 Å². The molecule has 0 amide bonds. The first-order chi connectivity index (χ1) is 10.0. The highest BCUT2D eigenvalue weighted by Gasteiger charge is 2.14. The van der Waals surface area contributed by atoms with Crippen molar-refractivity contribution in [3.63, 3.8) is 0 Å². The second-order valence-corrected chi connectivity index (χ2v) is 4.27. The van der Waals surface area contributed by atoms with Crippen LogP contribution in [0.15, 0.2) is 36.4 Å². The molecule has 0 bridgehead atoms. The maximum Gasteiger partial charge on any atom is 0.272 e. The second kappa shape index (κ2) is 6.27. The van der Waals surface area contributed by atoms with Gasteiger partial charge in [0.1, 0.15) is 0 Å². The minimum atomic E-state index is -0.928. The number of nitrogens with zero attached hydrogens (tertiary/aromatic N) is 1. The highest BCUT2D eigenvalue weighted by Crippen LogP contribution is 2.29. The minimum absolute atomic E-state index is 0.150. The molecule has 0 radical (unpaired) electrons. The SMILES string of the molecule is CNCc1ccc(Oc2ccc([N+](=O)[O-])cc2F)c(F)c1. The van der Waals surface area contributed by atoms with E-state index in [1.54, 1.807) is 13.1 Å². The standard InChI is InChI=1S/C14H12F2N2O3/c1-17-8-9-2-4-13(11(15)6-9)21-14-5-3-10(18(19)20)7-12(14)16/h2-7,17H,8H2,1H3. The van der Waals surface area contributed by atoms with Crippen molar-refractivity contribution < 1.29 is 18.4 Å². The van der Waals surface area contributed by atoms with Gasteiger partial charge in [-0.05, 0) is 30.8 Å². The highest BCUT2D eigenvalue weighted by atomic mass is 19.1. The molecule has 7 heteroatoms. The molecule has 0 saturated carbocycles. The fraction of sp³-hybridized carbons (Fsp3) is 0.143. The Bertz CT molecular complexity index is 677. The van der Waals surface area contributed by atoms with Gasteiger partial charge in [0.2, 0.25) is 0 Å². The van der Waals surface area contributed by atoms with Crippen LogP contribution in [0.3, 0.4) is 0 Å². The Morgan fingerprint density at radius 3 is 2.29 bits per heavy atom. The molecule has 0 unspecified atom stereocenters. The third kappa shape index (κ3) is 3.51. The molecule has 2 aromatic rings. The predicted molar refractivity (Wildman–Crippen MR) is 72.3 cm³/mol. The van der Waals surface area contributed by atoms with E-state index in [1.165, 1.54) is 12.1 Å². The van der Waals surface area contributed by atoms with Gasteiger partial charge in [0.15, 0.2) is 23.1 Å². The Balaban J connectivity index is 2.24. The summed E-state index contributed by atoms with van der Waals surface area (Å²) >= 11 is 0. The minimum Gasteiger partial charge on any atom is -0.451 e. The zero-order valence-corrected chi connectivity index (χ0v) is 11.1. The Kier molecular flexibility index (Phi) is 4.44. The molecule has 21 heavy (non-hydrogen) atoms. The van der Waals surface area contributed by atoms with Crippen LogP contribution in [0, 0.1) is 21.7 Å². The van der Waals surface area contributed by atoms with Crippen LogP contribution in [0.2, 0.25) is 0 Å². The van der Waals surface area contributed by atoms with Crippen LogP contribution in [-0.2, 0) is 6.54 Å². The van der Waals surface area contributed by atoms with Crippen LogP contribution in [0.5, 0.6) is 11.5 Å². The molecule has 0 aliphatic rings. The van der Waals surface area contributed by atoms with Crippen LogP contribution in [-0.4, -0.2) is 12.0 Å². The second-order valence-electron chi connectivity index (χ2n) is 4.27. The van der Waals surface area contributed by atoms with Gasteiger partial charge >= 0.3 is 0 Å². The fourth-order valence-electron chi connectivity index (χ4n) is 1.75. The van der Waals surface area contributed by atoms with Crippen molar-refractivity contribution in [3.05, 3.63) is 63.7 Å². The van der Waals surface area contributed by atoms with Crippen LogP contribution in [0.4, 0.5) is 14.5 Å². The monoisotopic (exact) mass is 294 g/mol. The topological polar surface area (TPSA) is 64.4 Å². The van der Waals surface area contributed by atoms with Crippen LogP contribution in [0.25, 0.3) is 0 Å². The maximum atomic E-state index is 13.8. The van der Waals surface area contributed by atoms with E-state index in [-0.39, 0.29) is 11.5 Å². The van der Waals surface area contributed by atoms with Gasteiger partial charge in [0, 0.05) is 12.6 Å². The average Bonchev–Trinajstić information content (AvgIpc) is 2.43. The quantitative estimate of drug-likeness (QED) is 0.678. The van der Waals surface area contributed by atoms with E-state index in [0.717, 1.165) is 18.2 Å². The van der Waals surface area contributed by atoms with Crippen molar-refractivity contribution in [2.75, 3.05) is 7.05 Å². The molecule has 2 rings (SSSR count). The lowest BCUT2D eigenvalue weighted by atomic mass is 10.2.